The largest absolute Gasteiger partial charge is 0.333 e. The Bertz CT molecular complexity index is 1300. The van der Waals surface area contributed by atoms with Crippen molar-refractivity contribution in [3.8, 4) is 0 Å². The van der Waals surface area contributed by atoms with E-state index in [1.165, 1.54) is 22.5 Å². The van der Waals surface area contributed by atoms with Gasteiger partial charge < -0.3 is 10.6 Å². The van der Waals surface area contributed by atoms with Gasteiger partial charge in [-0.05, 0) is 48.6 Å². The molecule has 170 valence electrons. The second kappa shape index (κ2) is 9.86. The topological polar surface area (TPSA) is 133 Å². The molecule has 1 aliphatic rings. The molecule has 1 saturated heterocycles. The first-order chi connectivity index (χ1) is 15.9. The molecule has 0 radical (unpaired) electrons. The molecule has 1 aliphatic heterocycles. The highest BCUT2D eigenvalue weighted by atomic mass is 32.2. The number of nitrogens with zero attached hydrogens (tertiary/aromatic N) is 3. The van der Waals surface area contributed by atoms with Crippen LogP contribution in [0.25, 0.3) is 17.1 Å². The molecule has 11 heteroatoms. The molecular formula is C22H22N6O4S. The van der Waals surface area contributed by atoms with Crippen LogP contribution >= 0.6 is 0 Å². The van der Waals surface area contributed by atoms with Crippen LogP contribution in [0.1, 0.15) is 16.1 Å². The van der Waals surface area contributed by atoms with Gasteiger partial charge in [-0.1, -0.05) is 12.1 Å². The van der Waals surface area contributed by atoms with Crippen LogP contribution in [0.3, 0.4) is 0 Å². The van der Waals surface area contributed by atoms with Gasteiger partial charge in [0.2, 0.25) is 0 Å². The second-order valence-corrected chi connectivity index (χ2v) is 8.94. The van der Waals surface area contributed by atoms with Gasteiger partial charge in [0.15, 0.2) is 5.78 Å². The van der Waals surface area contributed by atoms with Crippen molar-refractivity contribution in [3.05, 3.63) is 72.1 Å². The number of nitrogens with one attached hydrogen (secondary N) is 3. The number of anilines is 1. The fourth-order valence-corrected chi connectivity index (χ4v) is 4.33. The SMILES string of the molecule is O=C(Nc1ccc(C(=O)/C=C/c2cnc3ccccc3n2)cc1)NS(=O)(=O)N1CCNCC1. The Labute approximate surface area is 190 Å². The summed E-state index contributed by atoms with van der Waals surface area (Å²) >= 11 is 0. The van der Waals surface area contributed by atoms with Crippen molar-refractivity contribution in [2.75, 3.05) is 31.5 Å². The quantitative estimate of drug-likeness (QED) is 0.373. The molecule has 1 fully saturated rings. The summed E-state index contributed by atoms with van der Waals surface area (Å²) in [6.07, 6.45) is 4.57. The van der Waals surface area contributed by atoms with Crippen molar-refractivity contribution in [1.29, 1.82) is 0 Å². The number of ketones is 1. The minimum Gasteiger partial charge on any atom is -0.314 e. The Morgan fingerprint density at radius 2 is 1.70 bits per heavy atom. The van der Waals surface area contributed by atoms with E-state index in [4.69, 9.17) is 0 Å². The number of hydrogen-bond donors (Lipinski definition) is 3. The lowest BCUT2D eigenvalue weighted by molar-refractivity contribution is 0.104. The zero-order valence-corrected chi connectivity index (χ0v) is 18.4. The number of aromatic nitrogens is 2. The molecule has 0 bridgehead atoms. The van der Waals surface area contributed by atoms with Gasteiger partial charge >= 0.3 is 16.2 Å². The Kier molecular flexibility index (Phi) is 6.73. The number of allylic oxidation sites excluding steroid dienone is 1. The van der Waals surface area contributed by atoms with Crippen LogP contribution in [0.5, 0.6) is 0 Å². The van der Waals surface area contributed by atoms with Crippen LogP contribution in [0.4, 0.5) is 10.5 Å². The van der Waals surface area contributed by atoms with E-state index in [-0.39, 0.29) is 18.9 Å². The zero-order valence-electron chi connectivity index (χ0n) is 17.6. The van der Waals surface area contributed by atoms with Gasteiger partial charge in [-0.15, -0.1) is 0 Å². The standard InChI is InChI=1S/C22H22N6O4S/c29-21(10-9-18-15-24-19-3-1-2-4-20(19)25-18)16-5-7-17(8-6-16)26-22(30)27-33(31,32)28-13-11-23-12-14-28/h1-10,15,23H,11-14H2,(H2,26,27,30)/b10-9+. The van der Waals surface area contributed by atoms with Crippen molar-refractivity contribution in [2.45, 2.75) is 0 Å². The number of hydrogen-bond acceptors (Lipinski definition) is 7. The van der Waals surface area contributed by atoms with Crippen LogP contribution in [-0.2, 0) is 10.2 Å². The maximum Gasteiger partial charge on any atom is 0.333 e. The average Bonchev–Trinajstić information content (AvgIpc) is 2.83. The molecule has 0 aliphatic carbocycles. The summed E-state index contributed by atoms with van der Waals surface area (Å²) in [5.41, 5.74) is 2.82. The maximum atomic E-state index is 12.5. The Balaban J connectivity index is 1.35. The third-order valence-electron chi connectivity index (χ3n) is 4.94. The van der Waals surface area contributed by atoms with E-state index in [1.807, 2.05) is 29.0 Å². The van der Waals surface area contributed by atoms with Gasteiger partial charge in [0.05, 0.1) is 22.9 Å². The number of carbonyl (C=O) groups is 2. The molecule has 2 amide bonds. The number of urea groups is 1. The smallest absolute Gasteiger partial charge is 0.314 e. The molecule has 1 aromatic heterocycles. The Morgan fingerprint density at radius 1 is 1.00 bits per heavy atom. The summed E-state index contributed by atoms with van der Waals surface area (Å²) in [5.74, 6) is -0.248. The number of fused-ring (bicyclic) bond motifs is 1. The lowest BCUT2D eigenvalue weighted by Crippen LogP contribution is -2.52. The molecule has 33 heavy (non-hydrogen) atoms. The normalized spacial score (nSPS) is 14.9. The highest BCUT2D eigenvalue weighted by Gasteiger charge is 2.25. The van der Waals surface area contributed by atoms with E-state index in [0.717, 1.165) is 11.0 Å². The first-order valence-corrected chi connectivity index (χ1v) is 11.7. The minimum atomic E-state index is -3.91. The molecule has 0 unspecified atom stereocenters. The predicted octanol–water partition coefficient (Wildman–Crippen LogP) is 1.80. The van der Waals surface area contributed by atoms with E-state index < -0.39 is 16.2 Å². The molecule has 3 aromatic rings. The summed E-state index contributed by atoms with van der Waals surface area (Å²) < 4.78 is 27.7. The lowest BCUT2D eigenvalue weighted by atomic mass is 10.1. The lowest BCUT2D eigenvalue weighted by Gasteiger charge is -2.26. The van der Waals surface area contributed by atoms with Gasteiger partial charge in [-0.3, -0.25) is 9.78 Å². The molecule has 0 spiro atoms. The zero-order chi connectivity index (χ0) is 23.3. The van der Waals surface area contributed by atoms with Crippen LogP contribution in [0.2, 0.25) is 0 Å². The van der Waals surface area contributed by atoms with E-state index in [1.54, 1.807) is 24.4 Å². The summed E-state index contributed by atoms with van der Waals surface area (Å²) in [5, 5.41) is 5.51. The van der Waals surface area contributed by atoms with Gasteiger partial charge in [-0.25, -0.2) is 14.5 Å². The molecule has 4 rings (SSSR count). The molecule has 0 saturated carbocycles. The molecule has 3 N–H and O–H groups in total. The number of rotatable bonds is 6. The van der Waals surface area contributed by atoms with Gasteiger partial charge in [-0.2, -0.15) is 12.7 Å². The molecule has 2 heterocycles. The van der Waals surface area contributed by atoms with E-state index in [2.05, 4.69) is 20.6 Å². The van der Waals surface area contributed by atoms with Crippen molar-refractivity contribution in [3.63, 3.8) is 0 Å². The van der Waals surface area contributed by atoms with Gasteiger partial charge in [0.25, 0.3) is 0 Å². The monoisotopic (exact) mass is 466 g/mol. The number of para-hydroxylation sites is 2. The molecule has 2 aromatic carbocycles. The van der Waals surface area contributed by atoms with E-state index in [0.29, 0.717) is 30.0 Å². The highest BCUT2D eigenvalue weighted by molar-refractivity contribution is 7.87. The number of amides is 2. The van der Waals surface area contributed by atoms with E-state index >= 15 is 0 Å². The van der Waals surface area contributed by atoms with Crippen LogP contribution < -0.4 is 15.4 Å². The second-order valence-electron chi connectivity index (χ2n) is 7.27. The van der Waals surface area contributed by atoms with Crippen LogP contribution in [0, 0.1) is 0 Å². The number of piperazine rings is 1. The maximum absolute atomic E-state index is 12.5. The van der Waals surface area contributed by atoms with E-state index in [9.17, 15) is 18.0 Å². The fraction of sp³-hybridized carbons (Fsp3) is 0.182. The number of benzene rings is 2. The van der Waals surface area contributed by atoms with Gasteiger partial charge in [0, 0.05) is 37.4 Å². The average molecular weight is 467 g/mol. The minimum absolute atomic E-state index is 0.248. The molecule has 0 atom stereocenters. The predicted molar refractivity (Wildman–Crippen MR) is 125 cm³/mol. The highest BCUT2D eigenvalue weighted by Crippen LogP contribution is 2.13. The molecular weight excluding hydrogens is 444 g/mol. The summed E-state index contributed by atoms with van der Waals surface area (Å²) in [6.45, 7) is 1.63. The summed E-state index contributed by atoms with van der Waals surface area (Å²) in [7, 11) is -3.91. The third kappa shape index (κ3) is 5.77. The summed E-state index contributed by atoms with van der Waals surface area (Å²) in [6, 6.07) is 12.7. The Morgan fingerprint density at radius 3 is 2.42 bits per heavy atom. The van der Waals surface area contributed by atoms with Crippen molar-refractivity contribution in [2.24, 2.45) is 0 Å². The fourth-order valence-electron chi connectivity index (χ4n) is 3.25. The van der Waals surface area contributed by atoms with Crippen molar-refractivity contribution < 1.29 is 18.0 Å². The first kappa shape index (κ1) is 22.5. The van der Waals surface area contributed by atoms with Crippen LogP contribution in [-0.4, -0.2) is 60.7 Å². The van der Waals surface area contributed by atoms with Crippen molar-refractivity contribution >= 4 is 44.8 Å². The van der Waals surface area contributed by atoms with Gasteiger partial charge in [0.1, 0.15) is 0 Å². The third-order valence-corrected chi connectivity index (χ3v) is 6.43. The first-order valence-electron chi connectivity index (χ1n) is 10.2. The molecule has 10 nitrogen and oxygen atoms in total. The van der Waals surface area contributed by atoms with Crippen LogP contribution in [0.15, 0.2) is 60.8 Å². The Hall–Kier alpha value is -3.67. The number of carbonyl (C=O) groups excluding carboxylic acids is 2. The summed E-state index contributed by atoms with van der Waals surface area (Å²) in [4.78, 5) is 33.3. The van der Waals surface area contributed by atoms with Crippen molar-refractivity contribution in [1.82, 2.24) is 24.3 Å².